The fraction of sp³-hybridized carbons (Fsp3) is 1.00. The van der Waals surface area contributed by atoms with Crippen LogP contribution in [0.2, 0.25) is 0 Å². The van der Waals surface area contributed by atoms with Crippen molar-refractivity contribution in [3.63, 3.8) is 0 Å². The summed E-state index contributed by atoms with van der Waals surface area (Å²) in [5.74, 6) is 0. The first-order valence-corrected chi connectivity index (χ1v) is 3.91. The van der Waals surface area contributed by atoms with Crippen molar-refractivity contribution in [3.8, 4) is 0 Å². The molecule has 0 spiro atoms. The summed E-state index contributed by atoms with van der Waals surface area (Å²) in [7, 11) is -4.64. The Morgan fingerprint density at radius 3 is 1.42 bits per heavy atom. The van der Waals surface area contributed by atoms with Gasteiger partial charge < -0.3 is 37.3 Å². The van der Waals surface area contributed by atoms with Crippen molar-refractivity contribution in [2.45, 2.75) is 13.0 Å². The van der Waals surface area contributed by atoms with Crippen LogP contribution in [0.5, 0.6) is 0 Å². The summed E-state index contributed by atoms with van der Waals surface area (Å²) < 4.78 is 8.88. The number of aliphatic hydroxyl groups is 2. The molecule has 0 fully saturated rings. The predicted octanol–water partition coefficient (Wildman–Crippen LogP) is -7.56. The van der Waals surface area contributed by atoms with E-state index in [4.69, 9.17) is 29.5 Å². The maximum atomic E-state index is 8.88. The molecule has 12 heavy (non-hydrogen) atoms. The molecular formula is C3H11ClNaO6P. The molecule has 0 saturated carbocycles. The third kappa shape index (κ3) is 109. The fourth-order valence-electron chi connectivity index (χ4n) is 0. The normalized spacial score (nSPS) is 11.2. The molecule has 0 aromatic heterocycles. The van der Waals surface area contributed by atoms with Crippen molar-refractivity contribution in [2.75, 3.05) is 6.61 Å². The van der Waals surface area contributed by atoms with Gasteiger partial charge >= 0.3 is 37.4 Å². The zero-order chi connectivity index (χ0) is 8.78. The summed E-state index contributed by atoms with van der Waals surface area (Å²) in [6, 6.07) is 0. The molecule has 6 nitrogen and oxygen atoms in total. The van der Waals surface area contributed by atoms with Crippen molar-refractivity contribution < 1.29 is 71.4 Å². The number of halogens is 1. The molecule has 1 atom stereocenters. The van der Waals surface area contributed by atoms with E-state index in [-0.39, 0.29) is 48.6 Å². The van der Waals surface area contributed by atoms with Crippen molar-refractivity contribution in [2.24, 2.45) is 0 Å². The summed E-state index contributed by atoms with van der Waals surface area (Å²) in [5, 5.41) is 16.0. The van der Waals surface area contributed by atoms with Crippen molar-refractivity contribution in [1.82, 2.24) is 0 Å². The minimum atomic E-state index is -4.64. The molecule has 0 heterocycles. The van der Waals surface area contributed by atoms with Gasteiger partial charge in [-0.25, -0.2) is 4.57 Å². The van der Waals surface area contributed by atoms with Crippen LogP contribution in [0, 0.1) is 0 Å². The summed E-state index contributed by atoms with van der Waals surface area (Å²) in [6.07, 6.45) is -0.560. The van der Waals surface area contributed by atoms with Crippen LogP contribution < -0.4 is 42.0 Å². The molecule has 0 radical (unpaired) electrons. The zero-order valence-corrected chi connectivity index (χ0v) is 10.4. The first-order valence-electron chi connectivity index (χ1n) is 2.34. The summed E-state index contributed by atoms with van der Waals surface area (Å²) in [5.41, 5.74) is 0. The fourth-order valence-corrected chi connectivity index (χ4v) is 0. The number of aliphatic hydroxyl groups excluding tert-OH is 2. The molecule has 0 aromatic carbocycles. The van der Waals surface area contributed by atoms with Gasteiger partial charge in [0.1, 0.15) is 0 Å². The Kier molecular flexibility index (Phi) is 23.9. The topological polar surface area (TPSA) is 118 Å². The van der Waals surface area contributed by atoms with E-state index in [1.54, 1.807) is 0 Å². The van der Waals surface area contributed by atoms with E-state index in [0.717, 1.165) is 0 Å². The Balaban J connectivity index is -0.0000000457. The van der Waals surface area contributed by atoms with Gasteiger partial charge in [-0.3, -0.25) is 0 Å². The Hall–Kier alpha value is 1.32. The molecule has 5 N–H and O–H groups in total. The maximum Gasteiger partial charge on any atom is 1.00 e. The van der Waals surface area contributed by atoms with Gasteiger partial charge in [0.15, 0.2) is 0 Å². The SMILES string of the molecule is CC(O)CO.O=P(O)(O)O.[Cl-].[Na+]. The van der Waals surface area contributed by atoms with Crippen LogP contribution in [0.15, 0.2) is 0 Å². The summed E-state index contributed by atoms with van der Waals surface area (Å²) in [6.45, 7) is 1.39. The third-order valence-electron chi connectivity index (χ3n) is 0.264. The van der Waals surface area contributed by atoms with Crippen molar-refractivity contribution in [3.05, 3.63) is 0 Å². The Morgan fingerprint density at radius 2 is 1.42 bits per heavy atom. The third-order valence-corrected chi connectivity index (χ3v) is 0.264. The number of rotatable bonds is 1. The number of hydrogen-bond acceptors (Lipinski definition) is 3. The Labute approximate surface area is 98.6 Å². The van der Waals surface area contributed by atoms with Crippen molar-refractivity contribution >= 4 is 7.82 Å². The van der Waals surface area contributed by atoms with Gasteiger partial charge in [0.25, 0.3) is 0 Å². The van der Waals surface area contributed by atoms with Crippen LogP contribution in [-0.2, 0) is 4.57 Å². The second-order valence-corrected chi connectivity index (χ2v) is 2.57. The van der Waals surface area contributed by atoms with Gasteiger partial charge in [0.05, 0.1) is 12.7 Å². The van der Waals surface area contributed by atoms with E-state index < -0.39 is 13.9 Å². The Morgan fingerprint density at radius 1 is 1.33 bits per heavy atom. The van der Waals surface area contributed by atoms with E-state index in [1.807, 2.05) is 0 Å². The molecule has 0 bridgehead atoms. The van der Waals surface area contributed by atoms with Gasteiger partial charge in [0.2, 0.25) is 0 Å². The van der Waals surface area contributed by atoms with Gasteiger partial charge in [-0.05, 0) is 6.92 Å². The molecule has 0 amide bonds. The molecule has 0 aliphatic carbocycles. The molecule has 0 aliphatic rings. The molecule has 72 valence electrons. The van der Waals surface area contributed by atoms with Gasteiger partial charge in [0, 0.05) is 0 Å². The van der Waals surface area contributed by atoms with Crippen LogP contribution in [0.25, 0.3) is 0 Å². The summed E-state index contributed by atoms with van der Waals surface area (Å²) >= 11 is 0. The van der Waals surface area contributed by atoms with E-state index in [0.29, 0.717) is 0 Å². The molecular weight excluding hydrogens is 221 g/mol. The van der Waals surface area contributed by atoms with Gasteiger partial charge in [-0.1, -0.05) is 0 Å². The Bertz CT molecular complexity index is 107. The maximum absolute atomic E-state index is 8.88. The minimum absolute atomic E-state index is 0. The standard InChI is InChI=1S/C3H8O2.ClH.Na.H3O4P/c1-3(5)2-4;;;1-5(2,3)4/h3-5H,2H2,1H3;1H;;(H3,1,2,3,4)/q;;+1;/p-1. The van der Waals surface area contributed by atoms with Crippen LogP contribution in [-0.4, -0.2) is 37.6 Å². The average Bonchev–Trinajstić information content (AvgIpc) is 1.61. The second kappa shape index (κ2) is 12.3. The van der Waals surface area contributed by atoms with Gasteiger partial charge in [-0.2, -0.15) is 0 Å². The number of hydrogen-bond donors (Lipinski definition) is 5. The first-order chi connectivity index (χ1) is 4.27. The molecule has 0 saturated heterocycles. The van der Waals surface area contributed by atoms with Gasteiger partial charge in [-0.15, -0.1) is 0 Å². The zero-order valence-electron chi connectivity index (χ0n) is 6.75. The molecule has 0 rings (SSSR count). The molecule has 0 aromatic rings. The quantitative estimate of drug-likeness (QED) is 0.226. The monoisotopic (exact) mass is 232 g/mol. The van der Waals surface area contributed by atoms with E-state index in [1.165, 1.54) is 6.92 Å². The molecule has 1 unspecified atom stereocenters. The molecule has 9 heteroatoms. The predicted molar refractivity (Wildman–Crippen MR) is 33.0 cm³/mol. The van der Waals surface area contributed by atoms with Crippen LogP contribution in [0.1, 0.15) is 6.92 Å². The van der Waals surface area contributed by atoms with E-state index in [2.05, 4.69) is 0 Å². The minimum Gasteiger partial charge on any atom is -1.00 e. The largest absolute Gasteiger partial charge is 1.00 e. The van der Waals surface area contributed by atoms with E-state index in [9.17, 15) is 0 Å². The smallest absolute Gasteiger partial charge is 1.00 e. The number of phosphoric acid groups is 1. The first kappa shape index (κ1) is 23.3. The van der Waals surface area contributed by atoms with Crippen LogP contribution in [0.3, 0.4) is 0 Å². The van der Waals surface area contributed by atoms with Crippen molar-refractivity contribution in [1.29, 1.82) is 0 Å². The van der Waals surface area contributed by atoms with E-state index >= 15 is 0 Å². The van der Waals surface area contributed by atoms with Crippen LogP contribution >= 0.6 is 7.82 Å². The summed E-state index contributed by atoms with van der Waals surface area (Å²) in [4.78, 5) is 21.6. The second-order valence-electron chi connectivity index (χ2n) is 1.54. The van der Waals surface area contributed by atoms with Crippen LogP contribution in [0.4, 0.5) is 0 Å². The molecule has 0 aliphatic heterocycles. The average molecular weight is 233 g/mol.